The molecule has 0 saturated heterocycles. The summed E-state index contributed by atoms with van der Waals surface area (Å²) in [5.74, 6) is 16.1. The van der Waals surface area contributed by atoms with Gasteiger partial charge in [0.05, 0.1) is 0 Å². The lowest BCUT2D eigenvalue weighted by atomic mass is 9.79. The molecule has 0 bridgehead atoms. The van der Waals surface area contributed by atoms with E-state index in [1.807, 2.05) is 0 Å². The Morgan fingerprint density at radius 2 is 0.550 bits per heavy atom. The van der Waals surface area contributed by atoms with Gasteiger partial charge in [-0.05, 0) is 160 Å². The molecule has 0 aromatic carbocycles. The normalized spacial score (nSPS) is 13.5. The van der Waals surface area contributed by atoms with Crippen LogP contribution in [0.5, 0.6) is 0 Å². The second-order valence-electron chi connectivity index (χ2n) is 46.1. The van der Waals surface area contributed by atoms with E-state index >= 15 is 0 Å². The SMILES string of the molecule is CC(C)C(C)C(C)C.CC(C)CCC(C)C.CC1CCCCC1.CCC(C)(C)C(C)C.CCC(C)C(C)CC.CCC(C)CC(C)C.CCC(C)CC(C)C(C)C.CCCC(C)(C)CC.CCCC(C)(C)CC.CCCC(C)C(C)C.CCCC(C)CCC.CCCCC(C)(C)C.CCCCCC(C)C.CCCCCCC.CCCCCCCC. The molecule has 0 aromatic rings. The van der Waals surface area contributed by atoms with Gasteiger partial charge in [-0.3, -0.25) is 0 Å². The van der Waals surface area contributed by atoms with Crippen LogP contribution < -0.4 is 0 Å². The van der Waals surface area contributed by atoms with Crippen molar-refractivity contribution in [2.45, 2.75) is 656 Å². The minimum absolute atomic E-state index is 0.542. The lowest BCUT2D eigenvalue weighted by Gasteiger charge is -2.27. The Balaban J connectivity index is -0.0000000836. The van der Waals surface area contributed by atoms with Gasteiger partial charge in [-0.25, -0.2) is 0 Å². The van der Waals surface area contributed by atoms with Gasteiger partial charge < -0.3 is 0 Å². The van der Waals surface area contributed by atoms with Crippen LogP contribution in [0.25, 0.3) is 0 Å². The summed E-state index contributed by atoms with van der Waals surface area (Å²) in [6.07, 6.45) is 61.0. The number of hydrogen-bond donors (Lipinski definition) is 0. The van der Waals surface area contributed by atoms with Gasteiger partial charge in [0.1, 0.15) is 0 Å². The van der Waals surface area contributed by atoms with Gasteiger partial charge in [-0.1, -0.05) is 624 Å². The fourth-order valence-electron chi connectivity index (χ4n) is 12.7. The summed E-state index contributed by atoms with van der Waals surface area (Å²) in [6, 6.07) is 0. The summed E-state index contributed by atoms with van der Waals surface area (Å²) in [5.41, 5.74) is 2.28. The predicted molar refractivity (Wildman–Crippen MR) is 582 cm³/mol. The predicted octanol–water partition coefficient (Wildman–Crippen LogP) is 47.1. The van der Waals surface area contributed by atoms with Crippen molar-refractivity contribution in [1.29, 1.82) is 0 Å². The quantitative estimate of drug-likeness (QED) is 0.0533. The van der Waals surface area contributed by atoms with Crippen LogP contribution in [-0.4, -0.2) is 0 Å². The maximum absolute atomic E-state index is 2.36. The smallest absolute Gasteiger partial charge is 0.0334 e. The molecule has 1 aliphatic rings. The number of rotatable bonds is 45. The van der Waals surface area contributed by atoms with Crippen molar-refractivity contribution in [3.8, 4) is 0 Å². The molecular formula is C120H268. The molecule has 0 radical (unpaired) electrons. The molecule has 120 heavy (non-hydrogen) atoms. The van der Waals surface area contributed by atoms with Crippen LogP contribution in [0, 0.1) is 128 Å². The molecule has 1 saturated carbocycles. The van der Waals surface area contributed by atoms with E-state index < -0.39 is 0 Å². The molecule has 748 valence electrons. The molecular weight excluding hydrogens is 1440 g/mol. The first kappa shape index (κ1) is 151. The Hall–Kier alpha value is 0. The molecule has 0 aromatic heterocycles. The van der Waals surface area contributed by atoms with Crippen LogP contribution in [0.1, 0.15) is 656 Å². The van der Waals surface area contributed by atoms with E-state index in [2.05, 4.69) is 374 Å². The Bertz CT molecular complexity index is 1590. The zero-order valence-electron chi connectivity index (χ0n) is 97.5. The van der Waals surface area contributed by atoms with E-state index in [0.717, 1.165) is 107 Å². The van der Waals surface area contributed by atoms with E-state index in [4.69, 9.17) is 0 Å². The van der Waals surface area contributed by atoms with E-state index in [9.17, 15) is 0 Å². The lowest BCUT2D eigenvalue weighted by Crippen LogP contribution is -2.17. The summed E-state index contributed by atoms with van der Waals surface area (Å²) in [5, 5.41) is 0. The summed E-state index contributed by atoms with van der Waals surface area (Å²) < 4.78 is 0. The first-order valence-electron chi connectivity index (χ1n) is 55.4. The third-order valence-corrected chi connectivity index (χ3v) is 26.8. The van der Waals surface area contributed by atoms with Crippen molar-refractivity contribution in [3.63, 3.8) is 0 Å². The molecule has 1 rings (SSSR count). The summed E-state index contributed by atoms with van der Waals surface area (Å²) in [4.78, 5) is 0. The van der Waals surface area contributed by atoms with E-state index in [1.54, 1.807) is 0 Å². The Kier molecular flexibility index (Phi) is 140. The van der Waals surface area contributed by atoms with Gasteiger partial charge in [0, 0.05) is 0 Å². The second-order valence-corrected chi connectivity index (χ2v) is 46.1. The average Bonchev–Trinajstić information content (AvgIpc) is 0.931. The summed E-state index contributed by atoms with van der Waals surface area (Å²) in [6.45, 7) is 124. The van der Waals surface area contributed by atoms with Crippen LogP contribution in [-0.2, 0) is 0 Å². The van der Waals surface area contributed by atoms with E-state index in [0.29, 0.717) is 21.7 Å². The molecule has 6 unspecified atom stereocenters. The highest BCUT2D eigenvalue weighted by Crippen LogP contribution is 2.30. The first-order chi connectivity index (χ1) is 55.4. The molecule has 6 atom stereocenters. The number of hydrogen-bond acceptors (Lipinski definition) is 0. The number of unbranched alkanes of at least 4 members (excludes halogenated alkanes) is 12. The van der Waals surface area contributed by atoms with Crippen molar-refractivity contribution >= 4 is 0 Å². The highest BCUT2D eigenvalue weighted by atomic mass is 14.2. The average molecular weight is 1710 g/mol. The fraction of sp³-hybridized carbons (Fsp3) is 1.00. The first-order valence-corrected chi connectivity index (χ1v) is 55.4. The van der Waals surface area contributed by atoms with Crippen molar-refractivity contribution in [1.82, 2.24) is 0 Å². The zero-order chi connectivity index (χ0) is 97.5. The van der Waals surface area contributed by atoms with Crippen LogP contribution in [0.4, 0.5) is 0 Å². The third kappa shape index (κ3) is 162. The van der Waals surface area contributed by atoms with Crippen molar-refractivity contribution in [3.05, 3.63) is 0 Å². The van der Waals surface area contributed by atoms with Crippen molar-refractivity contribution in [2.75, 3.05) is 0 Å². The van der Waals surface area contributed by atoms with E-state index in [1.165, 1.54) is 283 Å². The van der Waals surface area contributed by atoms with Gasteiger partial charge in [-0.2, -0.15) is 0 Å². The Morgan fingerprint density at radius 1 is 0.242 bits per heavy atom. The maximum atomic E-state index is 2.36. The Morgan fingerprint density at radius 3 is 0.708 bits per heavy atom. The minimum Gasteiger partial charge on any atom is -0.0654 e. The van der Waals surface area contributed by atoms with Gasteiger partial charge in [0.25, 0.3) is 0 Å². The summed E-state index contributed by atoms with van der Waals surface area (Å²) >= 11 is 0. The topological polar surface area (TPSA) is 0 Å². The standard InChI is InChI=1S/C10H22.12C8H18.C7H14.C7H16/c1-6-9(4)7-10(5)8(2)3;1-7(2)5-6-8(3)4;1-6-8(4,5)7(2)3;1-6(2)8(5)7(3)4;1-5-8(4)6-7(2)3;1-5-6-7-8(2,3)4;1-5-6-8(4)7(2)3;2*1-5-7-8(3,4)6-2;1-5-7(3)8(4)6-2;1-4-5-6-7-8(2)3;1-4-6-8(3)7-5-2;1-3-5-7-8-6-4-2;1-7-5-3-2-4-6-7;1-3-5-7-6-4-2/h8-10H,6-7H2,1-5H3;7-8H,5-6H2,1-4H3;7H,6H2,1-5H3;6-8H,1-5H3;7-8H,5-6H2,1-4H3;5-7H2,1-4H3;7-8H,5-6H2,1-4H3;2*5-7H2,1-4H3;7-8H,5-6H2,1-4H3;2*8H,4-7H2,1-3H3;3-8H2,1-2H3;7H,2-6H2,1H3;3-7H2,1-2H3. The minimum atomic E-state index is 0.542. The van der Waals surface area contributed by atoms with Crippen LogP contribution in [0.3, 0.4) is 0 Å². The van der Waals surface area contributed by atoms with Crippen LogP contribution in [0.15, 0.2) is 0 Å². The van der Waals surface area contributed by atoms with Crippen LogP contribution in [0.2, 0.25) is 0 Å². The molecule has 0 heteroatoms. The maximum Gasteiger partial charge on any atom is -0.0334 e. The monoisotopic (exact) mass is 1710 g/mol. The largest absolute Gasteiger partial charge is 0.0654 e. The van der Waals surface area contributed by atoms with Gasteiger partial charge in [0.15, 0.2) is 0 Å². The second kappa shape index (κ2) is 111. The lowest BCUT2D eigenvalue weighted by molar-refractivity contribution is 0.240. The van der Waals surface area contributed by atoms with Gasteiger partial charge in [0.2, 0.25) is 0 Å². The van der Waals surface area contributed by atoms with Crippen LogP contribution >= 0.6 is 0 Å². The van der Waals surface area contributed by atoms with Gasteiger partial charge >= 0.3 is 0 Å². The highest BCUT2D eigenvalue weighted by molar-refractivity contribution is 4.70. The molecule has 0 amide bonds. The summed E-state index contributed by atoms with van der Waals surface area (Å²) in [7, 11) is 0. The fourth-order valence-corrected chi connectivity index (χ4v) is 12.7. The van der Waals surface area contributed by atoms with E-state index in [-0.39, 0.29) is 0 Å². The highest BCUT2D eigenvalue weighted by Gasteiger charge is 2.19. The molecule has 1 fully saturated rings. The van der Waals surface area contributed by atoms with Crippen molar-refractivity contribution in [2.24, 2.45) is 128 Å². The molecule has 1 aliphatic carbocycles. The van der Waals surface area contributed by atoms with Gasteiger partial charge in [-0.15, -0.1) is 0 Å². The molecule has 0 nitrogen and oxygen atoms in total. The molecule has 0 heterocycles. The molecule has 0 aliphatic heterocycles. The molecule has 0 spiro atoms. The third-order valence-electron chi connectivity index (χ3n) is 26.8. The van der Waals surface area contributed by atoms with Crippen molar-refractivity contribution < 1.29 is 0 Å². The Labute approximate surface area is 779 Å². The molecule has 0 N–H and O–H groups in total. The zero-order valence-corrected chi connectivity index (χ0v) is 97.5.